The van der Waals surface area contributed by atoms with Crippen molar-refractivity contribution >= 4 is 62.3 Å². The van der Waals surface area contributed by atoms with Gasteiger partial charge in [0.05, 0.1) is 35.4 Å². The quantitative estimate of drug-likeness (QED) is 0.111. The zero-order valence-electron chi connectivity index (χ0n) is 21.6. The highest BCUT2D eigenvalue weighted by Gasteiger charge is 2.35. The Morgan fingerprint density at radius 1 is 0.794 bits per heavy atom. The largest absolute Gasteiger partial charge is 0.307 e. The second kappa shape index (κ2) is 7.29. The lowest BCUT2D eigenvalue weighted by molar-refractivity contribution is -0.643. The molecule has 0 amide bonds. The molecule has 3 heteroatoms. The molecule has 2 nitrogen and oxygen atoms in total. The van der Waals surface area contributed by atoms with Crippen LogP contribution in [0.2, 0.25) is 18.1 Å². The maximum Gasteiger partial charge on any atom is 0.224 e. The fraction of sp³-hybridized carbons (Fsp3) is 0.323. The van der Waals surface area contributed by atoms with E-state index in [1.54, 1.807) is 5.19 Å². The van der Waals surface area contributed by atoms with E-state index in [2.05, 4.69) is 106 Å². The summed E-state index contributed by atoms with van der Waals surface area (Å²) in [5.74, 6) is 0. The SMILES string of the molecule is CC[Si](CC)(CC)c1cc2cc[n+](C)c3c4c(C)c(C)cc(C)c4n4c5ccccc5c1c4c23. The number of nitrogens with zero attached hydrogens (tertiary/aromatic N) is 2. The first-order valence-corrected chi connectivity index (χ1v) is 15.5. The Hall–Kier alpha value is -2.91. The van der Waals surface area contributed by atoms with Gasteiger partial charge >= 0.3 is 0 Å². The van der Waals surface area contributed by atoms with Gasteiger partial charge in [-0.15, -0.1) is 0 Å². The molecule has 0 atom stereocenters. The minimum absolute atomic E-state index is 1.29. The molecule has 0 fully saturated rings. The lowest BCUT2D eigenvalue weighted by Crippen LogP contribution is -2.46. The second-order valence-electron chi connectivity index (χ2n) is 10.4. The van der Waals surface area contributed by atoms with Gasteiger partial charge in [-0.05, 0) is 54.1 Å². The van der Waals surface area contributed by atoms with Crippen LogP contribution in [-0.4, -0.2) is 12.5 Å². The van der Waals surface area contributed by atoms with Crippen LogP contribution in [0, 0.1) is 20.8 Å². The molecule has 6 aromatic rings. The normalized spacial score (nSPS) is 12.9. The van der Waals surface area contributed by atoms with Crippen molar-refractivity contribution in [2.75, 3.05) is 0 Å². The van der Waals surface area contributed by atoms with E-state index in [4.69, 9.17) is 0 Å². The van der Waals surface area contributed by atoms with Crippen LogP contribution in [-0.2, 0) is 7.05 Å². The Morgan fingerprint density at radius 3 is 2.21 bits per heavy atom. The van der Waals surface area contributed by atoms with Gasteiger partial charge in [-0.2, -0.15) is 0 Å². The zero-order valence-corrected chi connectivity index (χ0v) is 22.6. The number of benzene rings is 3. The number of hydrogen-bond donors (Lipinski definition) is 0. The number of aryl methyl sites for hydroxylation is 4. The molecule has 0 saturated heterocycles. The molecule has 0 radical (unpaired) electrons. The summed E-state index contributed by atoms with van der Waals surface area (Å²) >= 11 is 0. The van der Waals surface area contributed by atoms with Crippen molar-refractivity contribution in [1.29, 1.82) is 0 Å². The zero-order chi connectivity index (χ0) is 23.9. The van der Waals surface area contributed by atoms with Gasteiger partial charge in [-0.3, -0.25) is 0 Å². The Balaban J connectivity index is 2.08. The van der Waals surface area contributed by atoms with Gasteiger partial charge in [0, 0.05) is 16.8 Å². The van der Waals surface area contributed by atoms with Crippen molar-refractivity contribution in [3.8, 4) is 0 Å². The van der Waals surface area contributed by atoms with Gasteiger partial charge in [-0.1, -0.05) is 69.2 Å². The van der Waals surface area contributed by atoms with Crippen molar-refractivity contribution in [3.05, 3.63) is 65.4 Å². The number of rotatable bonds is 4. The second-order valence-corrected chi connectivity index (χ2v) is 15.7. The van der Waals surface area contributed by atoms with Gasteiger partial charge in [0.25, 0.3) is 0 Å². The first-order chi connectivity index (χ1) is 16.4. The third kappa shape index (κ3) is 2.49. The fourth-order valence-electron chi connectivity index (χ4n) is 6.93. The van der Waals surface area contributed by atoms with E-state index in [9.17, 15) is 0 Å². The molecule has 34 heavy (non-hydrogen) atoms. The molecule has 0 aliphatic carbocycles. The molecule has 0 spiro atoms. The van der Waals surface area contributed by atoms with E-state index in [-0.39, 0.29) is 0 Å². The Morgan fingerprint density at radius 2 is 1.50 bits per heavy atom. The van der Waals surface area contributed by atoms with E-state index in [0.29, 0.717) is 0 Å². The Kier molecular flexibility index (Phi) is 4.63. The summed E-state index contributed by atoms with van der Waals surface area (Å²) in [6.45, 7) is 14.2. The van der Waals surface area contributed by atoms with E-state index >= 15 is 0 Å². The fourth-order valence-corrected chi connectivity index (χ4v) is 10.8. The van der Waals surface area contributed by atoms with E-state index in [0.717, 1.165) is 0 Å². The summed E-state index contributed by atoms with van der Waals surface area (Å²) in [5, 5.41) is 8.84. The molecule has 0 unspecified atom stereocenters. The Bertz CT molecular complexity index is 1740. The molecular weight excluding hydrogens is 428 g/mol. The standard InChI is InChI=1S/C31H35N2Si/c1-8-34(9-2,10-3)25-18-22-15-16-32(7)30-26-21(6)19(4)17-20(5)29(26)33-24-14-12-11-13-23(24)28(25)31(33)27(22)30/h11-18H,8-10H2,1-7H3/q+1. The molecule has 0 aliphatic heterocycles. The number of pyridine rings is 2. The number of para-hydroxylation sites is 1. The van der Waals surface area contributed by atoms with Crippen LogP contribution in [0.5, 0.6) is 0 Å². The molecule has 172 valence electrons. The van der Waals surface area contributed by atoms with Gasteiger partial charge in [0.1, 0.15) is 7.05 Å². The van der Waals surface area contributed by atoms with E-state index < -0.39 is 8.07 Å². The summed E-state index contributed by atoms with van der Waals surface area (Å²) in [6, 6.07) is 20.4. The van der Waals surface area contributed by atoms with Crippen molar-refractivity contribution in [2.24, 2.45) is 7.05 Å². The summed E-state index contributed by atoms with van der Waals surface area (Å²) in [7, 11) is 0.588. The highest BCUT2D eigenvalue weighted by molar-refractivity contribution is 6.93. The average Bonchev–Trinajstić information content (AvgIpc) is 3.19. The van der Waals surface area contributed by atoms with Crippen LogP contribution in [0.3, 0.4) is 0 Å². The lowest BCUT2D eigenvalue weighted by Gasteiger charge is -2.30. The molecular formula is C31H35N2Si+. The first-order valence-electron chi connectivity index (χ1n) is 12.9. The average molecular weight is 464 g/mol. The summed E-state index contributed by atoms with van der Waals surface area (Å²) in [4.78, 5) is 0. The molecule has 3 aromatic carbocycles. The van der Waals surface area contributed by atoms with Gasteiger partial charge in [0.2, 0.25) is 5.52 Å². The molecule has 6 rings (SSSR count). The monoisotopic (exact) mass is 463 g/mol. The smallest absolute Gasteiger partial charge is 0.224 e. The maximum absolute atomic E-state index is 2.63. The molecule has 3 heterocycles. The van der Waals surface area contributed by atoms with Crippen molar-refractivity contribution in [1.82, 2.24) is 4.40 Å². The minimum Gasteiger partial charge on any atom is -0.307 e. The molecule has 0 aliphatic rings. The van der Waals surface area contributed by atoms with E-state index in [1.807, 2.05) is 0 Å². The predicted octanol–water partition coefficient (Wildman–Crippen LogP) is 7.46. The summed E-state index contributed by atoms with van der Waals surface area (Å²) < 4.78 is 4.98. The van der Waals surface area contributed by atoms with Crippen LogP contribution in [0.1, 0.15) is 37.5 Å². The highest BCUT2D eigenvalue weighted by Crippen LogP contribution is 2.43. The first kappa shape index (κ1) is 21.6. The van der Waals surface area contributed by atoms with Crippen LogP contribution in [0.4, 0.5) is 0 Å². The van der Waals surface area contributed by atoms with Gasteiger partial charge < -0.3 is 4.40 Å². The highest BCUT2D eigenvalue weighted by atomic mass is 28.3. The van der Waals surface area contributed by atoms with Crippen LogP contribution in [0.15, 0.2) is 48.7 Å². The number of hydrogen-bond acceptors (Lipinski definition) is 0. The number of fused-ring (bicyclic) bond motifs is 6. The van der Waals surface area contributed by atoms with Gasteiger partial charge in [0.15, 0.2) is 6.20 Å². The number of aromatic nitrogens is 2. The molecule has 0 N–H and O–H groups in total. The maximum atomic E-state index is 2.63. The Labute approximate surface area is 203 Å². The van der Waals surface area contributed by atoms with Gasteiger partial charge in [-0.25, -0.2) is 4.57 Å². The lowest BCUT2D eigenvalue weighted by atomic mass is 9.95. The van der Waals surface area contributed by atoms with Crippen LogP contribution >= 0.6 is 0 Å². The minimum atomic E-state index is -1.63. The third-order valence-corrected chi connectivity index (χ3v) is 14.7. The predicted molar refractivity (Wildman–Crippen MR) is 151 cm³/mol. The van der Waals surface area contributed by atoms with Crippen molar-refractivity contribution < 1.29 is 4.57 Å². The van der Waals surface area contributed by atoms with Crippen molar-refractivity contribution in [3.63, 3.8) is 0 Å². The summed E-state index contributed by atoms with van der Waals surface area (Å²) in [6.07, 6.45) is 2.28. The topological polar surface area (TPSA) is 8.29 Å². The molecule has 0 saturated carbocycles. The molecule has 3 aromatic heterocycles. The van der Waals surface area contributed by atoms with Crippen molar-refractivity contribution in [2.45, 2.75) is 59.7 Å². The van der Waals surface area contributed by atoms with Crippen LogP contribution < -0.4 is 9.75 Å². The third-order valence-electron chi connectivity index (χ3n) is 9.11. The van der Waals surface area contributed by atoms with E-state index in [1.165, 1.54) is 83.8 Å². The van der Waals surface area contributed by atoms with Crippen LogP contribution in [0.25, 0.3) is 49.0 Å². The summed E-state index contributed by atoms with van der Waals surface area (Å²) in [5.41, 5.74) is 9.66. The molecule has 0 bridgehead atoms.